The first kappa shape index (κ1) is 14.3. The van der Waals surface area contributed by atoms with E-state index in [1.54, 1.807) is 0 Å². The van der Waals surface area contributed by atoms with Gasteiger partial charge in [0.2, 0.25) is 0 Å². The van der Waals surface area contributed by atoms with Crippen LogP contribution in [0.25, 0.3) is 0 Å². The second-order valence-corrected chi connectivity index (χ2v) is 7.19. The fraction of sp³-hybridized carbons (Fsp3) is 1.00. The van der Waals surface area contributed by atoms with Crippen LogP contribution < -0.4 is 10.6 Å². The van der Waals surface area contributed by atoms with E-state index >= 15 is 0 Å². The van der Waals surface area contributed by atoms with E-state index in [0.29, 0.717) is 6.04 Å². The summed E-state index contributed by atoms with van der Waals surface area (Å²) in [6.07, 6.45) is 5.44. The number of rotatable bonds is 3. The van der Waals surface area contributed by atoms with Gasteiger partial charge in [0.05, 0.1) is 0 Å². The summed E-state index contributed by atoms with van der Waals surface area (Å²) >= 11 is 0. The minimum Gasteiger partial charge on any atom is -0.317 e. The fourth-order valence-electron chi connectivity index (χ4n) is 3.38. The lowest BCUT2D eigenvalue weighted by Gasteiger charge is -2.39. The minimum absolute atomic E-state index is 0.252. The monoisotopic (exact) mass is 253 g/mol. The van der Waals surface area contributed by atoms with Gasteiger partial charge >= 0.3 is 0 Å². The Morgan fingerprint density at radius 1 is 1.17 bits per heavy atom. The van der Waals surface area contributed by atoms with E-state index in [-0.39, 0.29) is 5.54 Å². The molecular formula is C15H31N3. The average molecular weight is 253 g/mol. The second-order valence-electron chi connectivity index (χ2n) is 7.19. The molecule has 18 heavy (non-hydrogen) atoms. The summed E-state index contributed by atoms with van der Waals surface area (Å²) in [7, 11) is 0. The third-order valence-electron chi connectivity index (χ3n) is 4.12. The van der Waals surface area contributed by atoms with Crippen LogP contribution >= 0.6 is 0 Å². The number of nitrogens with zero attached hydrogens (tertiary/aromatic N) is 1. The van der Waals surface area contributed by atoms with Gasteiger partial charge in [-0.3, -0.25) is 0 Å². The van der Waals surface area contributed by atoms with Crippen molar-refractivity contribution < 1.29 is 0 Å². The van der Waals surface area contributed by atoms with E-state index in [0.717, 1.165) is 5.92 Å². The van der Waals surface area contributed by atoms with E-state index < -0.39 is 0 Å². The zero-order chi connectivity index (χ0) is 13.0. The van der Waals surface area contributed by atoms with Crippen molar-refractivity contribution in [3.05, 3.63) is 0 Å². The minimum atomic E-state index is 0.252. The maximum Gasteiger partial charge on any atom is 0.0200 e. The lowest BCUT2D eigenvalue weighted by molar-refractivity contribution is 0.141. The van der Waals surface area contributed by atoms with Crippen molar-refractivity contribution in [2.45, 2.75) is 58.0 Å². The standard InChI is InChI=1S/C15H31N3/c1-15(2,3)17-14-5-4-10-18(12-14)11-13-6-8-16-9-7-13/h13-14,16-17H,4-12H2,1-3H3/t14-/m1/s1. The van der Waals surface area contributed by atoms with Crippen molar-refractivity contribution in [2.75, 3.05) is 32.7 Å². The zero-order valence-corrected chi connectivity index (χ0v) is 12.5. The molecule has 0 saturated carbocycles. The van der Waals surface area contributed by atoms with E-state index in [9.17, 15) is 0 Å². The summed E-state index contributed by atoms with van der Waals surface area (Å²) in [4.78, 5) is 2.70. The van der Waals surface area contributed by atoms with Crippen LogP contribution in [-0.2, 0) is 0 Å². The summed E-state index contributed by atoms with van der Waals surface area (Å²) < 4.78 is 0. The highest BCUT2D eigenvalue weighted by molar-refractivity contribution is 4.85. The maximum atomic E-state index is 3.77. The Morgan fingerprint density at radius 2 is 1.89 bits per heavy atom. The Bertz CT molecular complexity index is 241. The molecule has 0 spiro atoms. The van der Waals surface area contributed by atoms with E-state index in [1.807, 2.05) is 0 Å². The Labute approximate surface area is 113 Å². The molecule has 2 aliphatic heterocycles. The lowest BCUT2D eigenvalue weighted by Crippen LogP contribution is -2.52. The van der Waals surface area contributed by atoms with Crippen LogP contribution in [0.2, 0.25) is 0 Å². The molecule has 2 aliphatic rings. The third-order valence-corrected chi connectivity index (χ3v) is 4.12. The summed E-state index contributed by atoms with van der Waals surface area (Å²) in [6, 6.07) is 0.695. The van der Waals surface area contributed by atoms with Crippen LogP contribution in [0.4, 0.5) is 0 Å². The molecule has 0 aromatic carbocycles. The molecule has 0 unspecified atom stereocenters. The molecule has 0 aliphatic carbocycles. The number of likely N-dealkylation sites (tertiary alicyclic amines) is 1. The van der Waals surface area contributed by atoms with Gasteiger partial charge in [-0.05, 0) is 72.0 Å². The first-order chi connectivity index (χ1) is 8.53. The van der Waals surface area contributed by atoms with Crippen LogP contribution in [0.5, 0.6) is 0 Å². The molecule has 106 valence electrons. The maximum absolute atomic E-state index is 3.77. The summed E-state index contributed by atoms with van der Waals surface area (Å²) in [5.74, 6) is 0.930. The number of piperidine rings is 2. The second kappa shape index (κ2) is 6.36. The van der Waals surface area contributed by atoms with Gasteiger partial charge in [0, 0.05) is 24.7 Å². The highest BCUT2D eigenvalue weighted by Gasteiger charge is 2.25. The predicted octanol–water partition coefficient (Wildman–Crippen LogP) is 1.84. The van der Waals surface area contributed by atoms with E-state index in [4.69, 9.17) is 0 Å². The molecule has 2 heterocycles. The van der Waals surface area contributed by atoms with Gasteiger partial charge in [0.15, 0.2) is 0 Å². The van der Waals surface area contributed by atoms with Crippen LogP contribution in [0, 0.1) is 5.92 Å². The van der Waals surface area contributed by atoms with Gasteiger partial charge in [0.1, 0.15) is 0 Å². The van der Waals surface area contributed by atoms with Crippen LogP contribution in [0.1, 0.15) is 46.5 Å². The third kappa shape index (κ3) is 4.87. The van der Waals surface area contributed by atoms with Crippen molar-refractivity contribution in [1.82, 2.24) is 15.5 Å². The first-order valence-electron chi connectivity index (χ1n) is 7.74. The smallest absolute Gasteiger partial charge is 0.0200 e. The lowest BCUT2D eigenvalue weighted by atomic mass is 9.95. The SMILES string of the molecule is CC(C)(C)N[C@@H]1CCCN(CC2CCNCC2)C1. The molecule has 2 N–H and O–H groups in total. The first-order valence-corrected chi connectivity index (χ1v) is 7.74. The largest absolute Gasteiger partial charge is 0.317 e. The van der Waals surface area contributed by atoms with Crippen LogP contribution in [-0.4, -0.2) is 49.2 Å². The Morgan fingerprint density at radius 3 is 2.56 bits per heavy atom. The van der Waals surface area contributed by atoms with Crippen molar-refractivity contribution in [1.29, 1.82) is 0 Å². The molecule has 3 nitrogen and oxygen atoms in total. The number of nitrogens with one attached hydrogen (secondary N) is 2. The highest BCUT2D eigenvalue weighted by atomic mass is 15.2. The highest BCUT2D eigenvalue weighted by Crippen LogP contribution is 2.18. The molecule has 2 fully saturated rings. The normalized spacial score (nSPS) is 28.5. The molecule has 0 aromatic rings. The Hall–Kier alpha value is -0.120. The molecule has 1 atom stereocenters. The van der Waals surface area contributed by atoms with E-state index in [1.165, 1.54) is 58.4 Å². The van der Waals surface area contributed by atoms with Gasteiger partial charge in [0.25, 0.3) is 0 Å². The molecular weight excluding hydrogens is 222 g/mol. The fourth-order valence-corrected chi connectivity index (χ4v) is 3.38. The molecule has 3 heteroatoms. The summed E-state index contributed by atoms with van der Waals surface area (Å²) in [5, 5.41) is 7.23. The van der Waals surface area contributed by atoms with Crippen molar-refractivity contribution in [3.63, 3.8) is 0 Å². The molecule has 0 aromatic heterocycles. The Balaban J connectivity index is 1.75. The van der Waals surface area contributed by atoms with Gasteiger partial charge in [-0.1, -0.05) is 0 Å². The van der Waals surface area contributed by atoms with Crippen molar-refractivity contribution >= 4 is 0 Å². The number of hydrogen-bond donors (Lipinski definition) is 2. The van der Waals surface area contributed by atoms with Gasteiger partial charge in [-0.2, -0.15) is 0 Å². The predicted molar refractivity (Wildman–Crippen MR) is 77.9 cm³/mol. The summed E-state index contributed by atoms with van der Waals surface area (Å²) in [6.45, 7) is 13.2. The summed E-state index contributed by atoms with van der Waals surface area (Å²) in [5.41, 5.74) is 0.252. The topological polar surface area (TPSA) is 27.3 Å². The quantitative estimate of drug-likeness (QED) is 0.804. The zero-order valence-electron chi connectivity index (χ0n) is 12.5. The average Bonchev–Trinajstić information content (AvgIpc) is 2.28. The van der Waals surface area contributed by atoms with Gasteiger partial charge < -0.3 is 15.5 Å². The van der Waals surface area contributed by atoms with E-state index in [2.05, 4.69) is 36.3 Å². The Kier molecular flexibility index (Phi) is 5.05. The molecule has 0 amide bonds. The van der Waals surface area contributed by atoms with Crippen molar-refractivity contribution in [2.24, 2.45) is 5.92 Å². The van der Waals surface area contributed by atoms with Gasteiger partial charge in [-0.15, -0.1) is 0 Å². The van der Waals surface area contributed by atoms with Gasteiger partial charge in [-0.25, -0.2) is 0 Å². The molecule has 2 rings (SSSR count). The van der Waals surface area contributed by atoms with Crippen LogP contribution in [0.15, 0.2) is 0 Å². The van der Waals surface area contributed by atoms with Crippen molar-refractivity contribution in [3.8, 4) is 0 Å². The number of hydrogen-bond acceptors (Lipinski definition) is 3. The molecule has 2 saturated heterocycles. The van der Waals surface area contributed by atoms with Crippen LogP contribution in [0.3, 0.4) is 0 Å². The molecule has 0 bridgehead atoms. The molecule has 0 radical (unpaired) electrons.